The zero-order valence-electron chi connectivity index (χ0n) is 26.1. The smallest absolute Gasteiger partial charge is 0.244 e. The summed E-state index contributed by atoms with van der Waals surface area (Å²) in [5.74, 6) is 4.93. The minimum atomic E-state index is -0.309. The number of ether oxygens (including phenoxy) is 2. The van der Waals surface area contributed by atoms with Gasteiger partial charge in [0.2, 0.25) is 6.33 Å². The lowest BCUT2D eigenvalue weighted by atomic mass is 9.44. The lowest BCUT2D eigenvalue weighted by Crippen LogP contribution is -2.56. The van der Waals surface area contributed by atoms with Crippen LogP contribution in [0.25, 0.3) is 0 Å². The second-order valence-corrected chi connectivity index (χ2v) is 17.5. The molecule has 7 fully saturated rings. The largest absolute Gasteiger partial charge is 0.349 e. The molecule has 0 N–H and O–H groups in total. The highest BCUT2D eigenvalue weighted by Crippen LogP contribution is 2.84. The molecule has 5 aliphatic carbocycles. The van der Waals surface area contributed by atoms with Crippen LogP contribution in [0.5, 0.6) is 0 Å². The van der Waals surface area contributed by atoms with Crippen molar-refractivity contribution in [3.05, 3.63) is 53.0 Å². The summed E-state index contributed by atoms with van der Waals surface area (Å²) in [6.45, 7) is 12.1. The summed E-state index contributed by atoms with van der Waals surface area (Å²) in [5, 5.41) is 0. The summed E-state index contributed by atoms with van der Waals surface area (Å²) >= 11 is 3.78. The molecule has 2 spiro atoms. The van der Waals surface area contributed by atoms with Crippen LogP contribution in [-0.4, -0.2) is 23.1 Å². The number of halogens is 1. The summed E-state index contributed by atoms with van der Waals surface area (Å²) in [5.41, 5.74) is 2.73. The molecule has 4 nitrogen and oxygen atoms in total. The van der Waals surface area contributed by atoms with Gasteiger partial charge in [-0.2, -0.15) is 0 Å². The van der Waals surface area contributed by atoms with Crippen molar-refractivity contribution in [1.29, 1.82) is 0 Å². The summed E-state index contributed by atoms with van der Waals surface area (Å²) in [6.07, 6.45) is 19.8. The van der Waals surface area contributed by atoms with Gasteiger partial charge in [-0.1, -0.05) is 61.8 Å². The number of imidazole rings is 1. The molecule has 3 heterocycles. The van der Waals surface area contributed by atoms with Crippen molar-refractivity contribution in [2.75, 3.05) is 6.61 Å². The van der Waals surface area contributed by atoms with Crippen LogP contribution < -0.4 is 4.57 Å². The number of nitrogens with zero attached hydrogens (tertiary/aromatic N) is 2. The molecule has 0 radical (unpaired) electrons. The van der Waals surface area contributed by atoms with Crippen molar-refractivity contribution in [1.82, 2.24) is 4.57 Å². The van der Waals surface area contributed by atoms with Crippen LogP contribution >= 0.6 is 15.9 Å². The first kappa shape index (κ1) is 27.2. The molecule has 7 aliphatic rings. The first-order valence-electron chi connectivity index (χ1n) is 17.3. The van der Waals surface area contributed by atoms with E-state index in [2.05, 4.69) is 95.7 Å². The molecule has 1 aromatic heterocycles. The Morgan fingerprint density at radius 3 is 2.67 bits per heavy atom. The number of benzene rings is 1. The Hall–Kier alpha value is -1.17. The van der Waals surface area contributed by atoms with Gasteiger partial charge in [-0.3, -0.25) is 0 Å². The number of hydrogen-bond donors (Lipinski definition) is 0. The molecule has 226 valence electrons. The van der Waals surface area contributed by atoms with E-state index in [1.165, 1.54) is 61.4 Å². The lowest BCUT2D eigenvalue weighted by Gasteiger charge is -2.60. The Morgan fingerprint density at radius 2 is 1.88 bits per heavy atom. The van der Waals surface area contributed by atoms with Gasteiger partial charge in [-0.05, 0) is 104 Å². The van der Waals surface area contributed by atoms with Crippen molar-refractivity contribution in [2.24, 2.45) is 57.7 Å². The Morgan fingerprint density at radius 1 is 1.02 bits per heavy atom. The molecular formula is C37H50BrN2O2+. The van der Waals surface area contributed by atoms with Crippen molar-refractivity contribution >= 4 is 15.9 Å². The number of rotatable bonds is 3. The van der Waals surface area contributed by atoms with Crippen molar-refractivity contribution in [3.63, 3.8) is 0 Å². The van der Waals surface area contributed by atoms with Crippen LogP contribution in [-0.2, 0) is 16.0 Å². The van der Waals surface area contributed by atoms with Gasteiger partial charge in [-0.25, -0.2) is 9.13 Å². The average Bonchev–Trinajstić information content (AvgIpc) is 3.19. The standard InChI is InChI=1S/C37H50BrN2O2/c1-23-9-14-37(41-21-23)24(2)33-31(42-37)18-29-27-17-32(40-16-15-39(22-40)20-25-7-5-6-8-30(25)38)36-19-26(36)10-13-35(36,4)28(27)11-12-34(29,33)3/h5-8,15-16,22-24,26-29,31-33H,9-14,17-21H2,1-4H3/q+1/t23-,24+,26-,27-,28+,29+,31+,32+,33+,34+,35-,36+,37-/m1/s1. The van der Waals surface area contributed by atoms with E-state index < -0.39 is 0 Å². The summed E-state index contributed by atoms with van der Waals surface area (Å²) < 4.78 is 20.0. The van der Waals surface area contributed by atoms with Crippen LogP contribution in [0.15, 0.2) is 47.5 Å². The van der Waals surface area contributed by atoms with E-state index in [4.69, 9.17) is 9.47 Å². The van der Waals surface area contributed by atoms with E-state index in [1.54, 1.807) is 0 Å². The Balaban J connectivity index is 1.03. The van der Waals surface area contributed by atoms with Crippen LogP contribution in [0, 0.1) is 57.7 Å². The highest BCUT2D eigenvalue weighted by atomic mass is 79.9. The molecule has 9 rings (SSSR count). The van der Waals surface area contributed by atoms with E-state index in [1.807, 2.05) is 0 Å². The maximum Gasteiger partial charge on any atom is 0.244 e. The van der Waals surface area contributed by atoms with E-state index in [9.17, 15) is 0 Å². The monoisotopic (exact) mass is 633 g/mol. The number of hydrogen-bond acceptors (Lipinski definition) is 2. The fourth-order valence-electron chi connectivity index (χ4n) is 13.2. The van der Waals surface area contributed by atoms with Crippen LogP contribution in [0.1, 0.15) is 97.1 Å². The van der Waals surface area contributed by atoms with Gasteiger partial charge < -0.3 is 9.47 Å². The van der Waals surface area contributed by atoms with Crippen molar-refractivity contribution in [2.45, 2.75) is 110 Å². The highest BCUT2D eigenvalue weighted by molar-refractivity contribution is 9.10. The first-order valence-corrected chi connectivity index (χ1v) is 18.1. The quantitative estimate of drug-likeness (QED) is 0.319. The molecule has 2 saturated heterocycles. The molecule has 5 saturated carbocycles. The molecule has 2 aromatic rings. The molecule has 13 atom stereocenters. The maximum atomic E-state index is 7.10. The fourth-order valence-corrected chi connectivity index (χ4v) is 13.6. The second-order valence-electron chi connectivity index (χ2n) is 16.7. The van der Waals surface area contributed by atoms with Crippen molar-refractivity contribution in [3.8, 4) is 0 Å². The van der Waals surface area contributed by atoms with E-state index in [-0.39, 0.29) is 5.79 Å². The van der Waals surface area contributed by atoms with Crippen LogP contribution in [0.4, 0.5) is 0 Å². The summed E-state index contributed by atoms with van der Waals surface area (Å²) in [4.78, 5) is 0. The zero-order valence-corrected chi connectivity index (χ0v) is 27.7. The Labute approximate surface area is 261 Å². The second kappa shape index (κ2) is 8.97. The third-order valence-corrected chi connectivity index (χ3v) is 16.0. The predicted octanol–water partition coefficient (Wildman–Crippen LogP) is 8.18. The third kappa shape index (κ3) is 3.40. The van der Waals surface area contributed by atoms with Crippen LogP contribution in [0.3, 0.4) is 0 Å². The molecule has 0 amide bonds. The molecular weight excluding hydrogens is 584 g/mol. The SMILES string of the molecule is C[C@@H]1CC[C@@]2(OC1)O[C@H]1C[C@H]3[C@@H]4C[C@H](n5cc[n+](Cc6ccccc6Br)c5)[C@]56C[C@H]5CC[C@]6(C)[C@H]4CC[C@]3(C)[C@H]1[C@@H]2C. The van der Waals surface area contributed by atoms with Crippen molar-refractivity contribution < 1.29 is 14.0 Å². The molecule has 5 heteroatoms. The van der Waals surface area contributed by atoms with Gasteiger partial charge in [0.15, 0.2) is 5.79 Å². The fraction of sp³-hybridized carbons (Fsp3) is 0.757. The summed E-state index contributed by atoms with van der Waals surface area (Å²) in [7, 11) is 0. The molecule has 0 unspecified atom stereocenters. The Bertz CT molecular complexity index is 1400. The number of fused-ring (bicyclic) bond motifs is 6. The van der Waals surface area contributed by atoms with Gasteiger partial charge in [0, 0.05) is 27.8 Å². The zero-order chi connectivity index (χ0) is 28.6. The predicted molar refractivity (Wildman–Crippen MR) is 166 cm³/mol. The van der Waals surface area contributed by atoms with Crippen LogP contribution in [0.2, 0.25) is 0 Å². The number of aromatic nitrogens is 2. The molecule has 2 aliphatic heterocycles. The molecule has 42 heavy (non-hydrogen) atoms. The third-order valence-electron chi connectivity index (χ3n) is 15.2. The molecule has 0 bridgehead atoms. The van der Waals surface area contributed by atoms with E-state index in [0.29, 0.717) is 46.1 Å². The summed E-state index contributed by atoms with van der Waals surface area (Å²) in [6, 6.07) is 9.30. The first-order chi connectivity index (χ1) is 20.2. The topological polar surface area (TPSA) is 27.3 Å². The van der Waals surface area contributed by atoms with Gasteiger partial charge in [0.1, 0.15) is 25.0 Å². The lowest BCUT2D eigenvalue weighted by molar-refractivity contribution is -0.688. The average molecular weight is 635 g/mol. The van der Waals surface area contributed by atoms with E-state index >= 15 is 0 Å². The van der Waals surface area contributed by atoms with Gasteiger partial charge in [0.25, 0.3) is 0 Å². The van der Waals surface area contributed by atoms with Gasteiger partial charge in [0.05, 0.1) is 12.7 Å². The minimum absolute atomic E-state index is 0.309. The van der Waals surface area contributed by atoms with Gasteiger partial charge in [-0.15, -0.1) is 0 Å². The van der Waals surface area contributed by atoms with E-state index in [0.717, 1.165) is 43.2 Å². The van der Waals surface area contributed by atoms with Gasteiger partial charge >= 0.3 is 0 Å². The highest BCUT2D eigenvalue weighted by Gasteiger charge is 2.79. The Kier molecular flexibility index (Phi) is 5.80. The normalized spacial score (nSPS) is 52.0. The maximum absolute atomic E-state index is 7.10. The molecule has 1 aromatic carbocycles. The minimum Gasteiger partial charge on any atom is -0.349 e.